The highest BCUT2D eigenvalue weighted by atomic mass is 32.1. The second kappa shape index (κ2) is 11.4. The number of non-ortho nitro benzene ring substituents is 1. The summed E-state index contributed by atoms with van der Waals surface area (Å²) in [5, 5.41) is 13.8. The predicted octanol–water partition coefficient (Wildman–Crippen LogP) is 5.61. The Labute approximate surface area is 190 Å². The van der Waals surface area contributed by atoms with Crippen molar-refractivity contribution in [2.24, 2.45) is 5.92 Å². The van der Waals surface area contributed by atoms with Gasteiger partial charge in [0.05, 0.1) is 11.0 Å². The molecule has 0 aromatic heterocycles. The van der Waals surface area contributed by atoms with Crippen molar-refractivity contribution in [1.82, 2.24) is 10.2 Å². The van der Waals surface area contributed by atoms with Gasteiger partial charge in [0.1, 0.15) is 10.6 Å². The van der Waals surface area contributed by atoms with Crippen LogP contribution in [0.5, 0.6) is 0 Å². The van der Waals surface area contributed by atoms with Gasteiger partial charge >= 0.3 is 6.09 Å². The minimum atomic E-state index is -0.579. The molecule has 0 spiro atoms. The molecule has 0 bridgehead atoms. The van der Waals surface area contributed by atoms with Crippen molar-refractivity contribution >= 4 is 29.0 Å². The number of nitrogens with one attached hydrogen (secondary N) is 1. The summed E-state index contributed by atoms with van der Waals surface area (Å²) in [4.78, 5) is 25.4. The Bertz CT molecular complexity index is 755. The van der Waals surface area contributed by atoms with Crippen LogP contribution in [0.3, 0.4) is 0 Å². The maximum Gasteiger partial charge on any atom is 0.408 e. The third kappa shape index (κ3) is 8.81. The molecule has 1 aliphatic carbocycles. The molecule has 31 heavy (non-hydrogen) atoms. The second-order valence-corrected chi connectivity index (χ2v) is 9.82. The number of nitrogens with zero attached hydrogens (tertiary/aromatic N) is 2. The summed E-state index contributed by atoms with van der Waals surface area (Å²) < 4.78 is 5.45. The first-order valence-electron chi connectivity index (χ1n) is 11.0. The zero-order chi connectivity index (χ0) is 23.0. The topological polar surface area (TPSA) is 84.7 Å². The number of rotatable bonds is 8. The largest absolute Gasteiger partial charge is 0.444 e. The van der Waals surface area contributed by atoms with Crippen molar-refractivity contribution in [2.45, 2.75) is 83.9 Å². The van der Waals surface area contributed by atoms with Crippen LogP contribution in [0, 0.1) is 16.0 Å². The summed E-state index contributed by atoms with van der Waals surface area (Å²) in [6.07, 6.45) is 7.67. The van der Waals surface area contributed by atoms with Crippen molar-refractivity contribution in [3.63, 3.8) is 0 Å². The van der Waals surface area contributed by atoms with Crippen molar-refractivity contribution in [1.29, 1.82) is 0 Å². The number of thiocarbonyl (C=S) groups is 1. The zero-order valence-electron chi connectivity index (χ0n) is 19.1. The molecule has 1 fully saturated rings. The van der Waals surface area contributed by atoms with Gasteiger partial charge in [-0.3, -0.25) is 10.1 Å². The van der Waals surface area contributed by atoms with E-state index in [1.165, 1.54) is 44.2 Å². The minimum absolute atomic E-state index is 0.0610. The van der Waals surface area contributed by atoms with Gasteiger partial charge in [0.2, 0.25) is 0 Å². The SMILES string of the molecule is CN(Cc1ccc([N+](=O)[O-])cc1)C(=S)[C@@H](CCC1CCCCC1)NC(=O)OC(C)(C)C. The summed E-state index contributed by atoms with van der Waals surface area (Å²) in [7, 11) is 1.88. The maximum atomic E-state index is 12.4. The van der Waals surface area contributed by atoms with E-state index in [-0.39, 0.29) is 11.7 Å². The van der Waals surface area contributed by atoms with Crippen LogP contribution in [0.15, 0.2) is 24.3 Å². The van der Waals surface area contributed by atoms with Gasteiger partial charge in [-0.2, -0.15) is 0 Å². The van der Waals surface area contributed by atoms with Crippen LogP contribution in [0.4, 0.5) is 10.5 Å². The number of carbonyl (C=O) groups excluding carboxylic acids is 1. The van der Waals surface area contributed by atoms with Crippen LogP contribution in [0.1, 0.15) is 71.3 Å². The first-order valence-corrected chi connectivity index (χ1v) is 11.4. The number of carbonyl (C=O) groups is 1. The quantitative estimate of drug-likeness (QED) is 0.315. The van der Waals surface area contributed by atoms with E-state index in [4.69, 9.17) is 17.0 Å². The van der Waals surface area contributed by atoms with Gasteiger partial charge in [-0.1, -0.05) is 56.5 Å². The smallest absolute Gasteiger partial charge is 0.408 e. The van der Waals surface area contributed by atoms with Gasteiger partial charge in [0.25, 0.3) is 5.69 Å². The number of nitro groups is 1. The van der Waals surface area contributed by atoms with Gasteiger partial charge in [-0.25, -0.2) is 4.79 Å². The molecule has 1 amide bonds. The van der Waals surface area contributed by atoms with E-state index in [2.05, 4.69) is 5.32 Å². The number of alkyl carbamates (subject to hydrolysis) is 1. The molecule has 1 saturated carbocycles. The van der Waals surface area contributed by atoms with E-state index < -0.39 is 16.6 Å². The van der Waals surface area contributed by atoms with E-state index in [0.29, 0.717) is 17.5 Å². The average molecular weight is 450 g/mol. The standard InChI is InChI=1S/C23H35N3O4S/c1-23(2,3)30-22(27)24-20(15-12-17-8-6-5-7-9-17)21(31)25(4)16-18-10-13-19(14-11-18)26(28)29/h10-11,13-14,17,20H,5-9,12,15-16H2,1-4H3,(H,24,27)/t20-/m1/s1. The number of hydrogen-bond acceptors (Lipinski definition) is 5. The first kappa shape index (κ1) is 25.0. The molecule has 0 saturated heterocycles. The van der Waals surface area contributed by atoms with Gasteiger partial charge in [-0.15, -0.1) is 0 Å². The Morgan fingerprint density at radius 3 is 2.42 bits per heavy atom. The van der Waals surface area contributed by atoms with Crippen LogP contribution in [-0.4, -0.2) is 39.6 Å². The van der Waals surface area contributed by atoms with E-state index >= 15 is 0 Å². The number of benzene rings is 1. The van der Waals surface area contributed by atoms with Gasteiger partial charge in [0, 0.05) is 25.7 Å². The molecule has 1 aromatic rings. The number of nitro benzene ring substituents is 1. The number of hydrogen-bond donors (Lipinski definition) is 1. The molecule has 8 heteroatoms. The fraction of sp³-hybridized carbons (Fsp3) is 0.652. The molecule has 0 unspecified atom stereocenters. The van der Waals surface area contributed by atoms with Crippen LogP contribution in [0.2, 0.25) is 0 Å². The number of likely N-dealkylation sites (N-methyl/N-ethyl adjacent to an activating group) is 1. The molecule has 2 rings (SSSR count). The molecular formula is C23H35N3O4S. The van der Waals surface area contributed by atoms with E-state index in [1.54, 1.807) is 12.1 Å². The Morgan fingerprint density at radius 2 is 1.87 bits per heavy atom. The zero-order valence-corrected chi connectivity index (χ0v) is 19.9. The third-order valence-electron chi connectivity index (χ3n) is 5.52. The lowest BCUT2D eigenvalue weighted by Crippen LogP contribution is -2.47. The van der Waals surface area contributed by atoms with E-state index in [0.717, 1.165) is 18.4 Å². The second-order valence-electron chi connectivity index (χ2n) is 9.40. The van der Waals surface area contributed by atoms with Crippen LogP contribution in [0.25, 0.3) is 0 Å². The normalized spacial score (nSPS) is 15.7. The Balaban J connectivity index is 2.03. The van der Waals surface area contributed by atoms with Gasteiger partial charge < -0.3 is 15.0 Å². The highest BCUT2D eigenvalue weighted by molar-refractivity contribution is 7.80. The van der Waals surface area contributed by atoms with Crippen molar-refractivity contribution in [3.05, 3.63) is 39.9 Å². The van der Waals surface area contributed by atoms with Crippen molar-refractivity contribution in [2.75, 3.05) is 7.05 Å². The van der Waals surface area contributed by atoms with Crippen LogP contribution >= 0.6 is 12.2 Å². The van der Waals surface area contributed by atoms with E-state index in [1.807, 2.05) is 32.7 Å². The Kier molecular flexibility index (Phi) is 9.22. The average Bonchev–Trinajstić information content (AvgIpc) is 2.70. The maximum absolute atomic E-state index is 12.4. The number of ether oxygens (including phenoxy) is 1. The molecule has 172 valence electrons. The fourth-order valence-corrected chi connectivity index (χ4v) is 4.17. The predicted molar refractivity (Wildman–Crippen MR) is 126 cm³/mol. The Hall–Kier alpha value is -2.22. The summed E-state index contributed by atoms with van der Waals surface area (Å²) in [5.41, 5.74) is 0.397. The molecule has 0 heterocycles. The Morgan fingerprint density at radius 1 is 1.26 bits per heavy atom. The lowest BCUT2D eigenvalue weighted by atomic mass is 9.85. The van der Waals surface area contributed by atoms with Gasteiger partial charge in [-0.05, 0) is 45.1 Å². The highest BCUT2D eigenvalue weighted by Gasteiger charge is 2.25. The molecular weight excluding hydrogens is 414 g/mol. The molecule has 0 radical (unpaired) electrons. The van der Waals surface area contributed by atoms with Gasteiger partial charge in [0.15, 0.2) is 0 Å². The highest BCUT2D eigenvalue weighted by Crippen LogP contribution is 2.28. The van der Waals surface area contributed by atoms with Crippen LogP contribution < -0.4 is 5.32 Å². The van der Waals surface area contributed by atoms with E-state index in [9.17, 15) is 14.9 Å². The summed E-state index contributed by atoms with van der Waals surface area (Å²) in [6, 6.07) is 6.15. The summed E-state index contributed by atoms with van der Waals surface area (Å²) in [5.74, 6) is 0.680. The molecule has 1 aromatic carbocycles. The van der Waals surface area contributed by atoms with Crippen molar-refractivity contribution in [3.8, 4) is 0 Å². The third-order valence-corrected chi connectivity index (χ3v) is 6.12. The molecule has 0 aliphatic heterocycles. The van der Waals surface area contributed by atoms with Crippen LogP contribution in [-0.2, 0) is 11.3 Å². The molecule has 1 N–H and O–H groups in total. The fourth-order valence-electron chi connectivity index (χ4n) is 3.93. The lowest BCUT2D eigenvalue weighted by molar-refractivity contribution is -0.384. The summed E-state index contributed by atoms with van der Waals surface area (Å²) >= 11 is 5.74. The number of amides is 1. The monoisotopic (exact) mass is 449 g/mol. The minimum Gasteiger partial charge on any atom is -0.444 e. The summed E-state index contributed by atoms with van der Waals surface area (Å²) in [6.45, 7) is 6.01. The van der Waals surface area contributed by atoms with Crippen molar-refractivity contribution < 1.29 is 14.5 Å². The molecule has 7 nitrogen and oxygen atoms in total. The molecule has 1 aliphatic rings. The molecule has 1 atom stereocenters. The lowest BCUT2D eigenvalue weighted by Gasteiger charge is -2.30. The first-order chi connectivity index (χ1) is 14.5.